The molecule has 27 heavy (non-hydrogen) atoms. The molecular weight excluding hydrogens is 383 g/mol. The molecule has 3 N–H and O–H groups in total. The number of rotatable bonds is 7. The molecule has 0 saturated heterocycles. The first-order valence-corrected chi connectivity index (χ1v) is 8.65. The summed E-state index contributed by atoms with van der Waals surface area (Å²) >= 11 is 0. The predicted molar refractivity (Wildman–Crippen MR) is 114 cm³/mol. The largest absolute Gasteiger partial charge is 0.356 e. The maximum atomic E-state index is 12.3. The smallest absolute Gasteiger partial charge is 0.224 e. The third kappa shape index (κ3) is 5.70. The van der Waals surface area contributed by atoms with Gasteiger partial charge >= 0.3 is 0 Å². The number of para-hydroxylation sites is 2. The van der Waals surface area contributed by atoms with Crippen molar-refractivity contribution < 1.29 is 4.79 Å². The fourth-order valence-corrected chi connectivity index (χ4v) is 2.94. The van der Waals surface area contributed by atoms with E-state index in [0.717, 1.165) is 29.6 Å². The lowest BCUT2D eigenvalue weighted by Gasteiger charge is -2.19. The Bertz CT molecular complexity index is 838. The van der Waals surface area contributed by atoms with Crippen LogP contribution in [-0.2, 0) is 11.3 Å². The Labute approximate surface area is 172 Å². The SMILES string of the molecule is CC(C(=O)NCCCn1cnc2ccccc21)C(N)c1ccccc1.Cl.Cl. The highest BCUT2D eigenvalue weighted by atomic mass is 35.5. The Kier molecular flexibility index (Phi) is 9.29. The fourth-order valence-electron chi connectivity index (χ4n) is 2.94. The van der Waals surface area contributed by atoms with E-state index >= 15 is 0 Å². The Morgan fingerprint density at radius 1 is 1.11 bits per heavy atom. The summed E-state index contributed by atoms with van der Waals surface area (Å²) in [7, 11) is 0. The van der Waals surface area contributed by atoms with Gasteiger partial charge in [0.1, 0.15) is 0 Å². The van der Waals surface area contributed by atoms with Crippen molar-refractivity contribution in [3.05, 3.63) is 66.5 Å². The van der Waals surface area contributed by atoms with Crippen LogP contribution in [0.4, 0.5) is 0 Å². The van der Waals surface area contributed by atoms with Crippen molar-refractivity contribution in [3.8, 4) is 0 Å². The number of aryl methyl sites for hydroxylation is 1. The van der Waals surface area contributed by atoms with Crippen molar-refractivity contribution in [2.45, 2.75) is 25.9 Å². The van der Waals surface area contributed by atoms with E-state index in [-0.39, 0.29) is 42.7 Å². The molecule has 2 aromatic carbocycles. The molecule has 3 rings (SSSR count). The second kappa shape index (κ2) is 10.9. The number of nitrogens with one attached hydrogen (secondary N) is 1. The van der Waals surface area contributed by atoms with Gasteiger partial charge in [0, 0.05) is 19.1 Å². The molecule has 146 valence electrons. The molecule has 3 aromatic rings. The van der Waals surface area contributed by atoms with Crippen molar-refractivity contribution in [2.24, 2.45) is 11.7 Å². The van der Waals surface area contributed by atoms with Gasteiger partial charge in [-0.1, -0.05) is 49.4 Å². The number of aromatic nitrogens is 2. The third-order valence-electron chi connectivity index (χ3n) is 4.54. The first-order chi connectivity index (χ1) is 12.2. The maximum absolute atomic E-state index is 12.3. The molecule has 0 fully saturated rings. The van der Waals surface area contributed by atoms with Crippen LogP contribution in [0.1, 0.15) is 24.9 Å². The molecule has 0 aliphatic rings. The number of carbonyl (C=O) groups excluding carboxylic acids is 1. The number of carbonyl (C=O) groups is 1. The van der Waals surface area contributed by atoms with Gasteiger partial charge < -0.3 is 15.6 Å². The highest BCUT2D eigenvalue weighted by molar-refractivity contribution is 5.85. The number of benzene rings is 2. The minimum atomic E-state index is -0.293. The zero-order valence-corrected chi connectivity index (χ0v) is 16.9. The standard InChI is InChI=1S/C20H24N4O.2ClH/c1-15(19(21)16-8-3-2-4-9-16)20(25)22-12-7-13-24-14-23-17-10-5-6-11-18(17)24;;/h2-6,8-11,14-15,19H,7,12-13,21H2,1H3,(H,22,25);2*1H. The van der Waals surface area contributed by atoms with E-state index in [1.165, 1.54) is 0 Å². The van der Waals surface area contributed by atoms with Gasteiger partial charge in [0.15, 0.2) is 0 Å². The number of nitrogens with zero attached hydrogens (tertiary/aromatic N) is 2. The molecule has 2 atom stereocenters. The zero-order valence-electron chi connectivity index (χ0n) is 15.2. The summed E-state index contributed by atoms with van der Waals surface area (Å²) in [4.78, 5) is 16.7. The summed E-state index contributed by atoms with van der Waals surface area (Å²) in [5.41, 5.74) is 9.30. The van der Waals surface area contributed by atoms with Gasteiger partial charge in [-0.2, -0.15) is 0 Å². The molecule has 0 aliphatic carbocycles. The van der Waals surface area contributed by atoms with E-state index < -0.39 is 0 Å². The number of fused-ring (bicyclic) bond motifs is 1. The van der Waals surface area contributed by atoms with E-state index in [9.17, 15) is 4.79 Å². The van der Waals surface area contributed by atoms with Crippen molar-refractivity contribution in [3.63, 3.8) is 0 Å². The van der Waals surface area contributed by atoms with E-state index in [1.54, 1.807) is 0 Å². The molecule has 0 saturated carbocycles. The number of nitrogens with two attached hydrogens (primary N) is 1. The topological polar surface area (TPSA) is 72.9 Å². The van der Waals surface area contributed by atoms with Crippen LogP contribution in [0.5, 0.6) is 0 Å². The Balaban J connectivity index is 0.00000182. The van der Waals surface area contributed by atoms with Crippen LogP contribution in [-0.4, -0.2) is 22.0 Å². The van der Waals surface area contributed by atoms with Gasteiger partial charge in [-0.15, -0.1) is 24.8 Å². The van der Waals surface area contributed by atoms with Gasteiger partial charge in [0.2, 0.25) is 5.91 Å². The highest BCUT2D eigenvalue weighted by Gasteiger charge is 2.21. The molecule has 0 bridgehead atoms. The second-order valence-electron chi connectivity index (χ2n) is 6.30. The van der Waals surface area contributed by atoms with Crippen LogP contribution in [0.3, 0.4) is 0 Å². The third-order valence-corrected chi connectivity index (χ3v) is 4.54. The molecule has 0 radical (unpaired) electrons. The molecule has 1 amide bonds. The number of hydrogen-bond donors (Lipinski definition) is 2. The predicted octanol–water partition coefficient (Wildman–Crippen LogP) is 3.72. The molecule has 5 nitrogen and oxygen atoms in total. The Morgan fingerprint density at radius 2 is 1.78 bits per heavy atom. The summed E-state index contributed by atoms with van der Waals surface area (Å²) in [6.07, 6.45) is 2.69. The lowest BCUT2D eigenvalue weighted by Crippen LogP contribution is -2.36. The number of amides is 1. The molecule has 7 heteroatoms. The van der Waals surface area contributed by atoms with Gasteiger partial charge in [0.05, 0.1) is 23.3 Å². The summed E-state index contributed by atoms with van der Waals surface area (Å²) in [6, 6.07) is 17.5. The van der Waals surface area contributed by atoms with Gasteiger partial charge in [-0.05, 0) is 24.1 Å². The Morgan fingerprint density at radius 3 is 2.52 bits per heavy atom. The van der Waals surface area contributed by atoms with Crippen molar-refractivity contribution in [2.75, 3.05) is 6.54 Å². The lowest BCUT2D eigenvalue weighted by molar-refractivity contribution is -0.125. The minimum absolute atomic E-state index is 0. The van der Waals surface area contributed by atoms with Gasteiger partial charge in [-0.25, -0.2) is 4.98 Å². The quantitative estimate of drug-likeness (QED) is 0.584. The van der Waals surface area contributed by atoms with Crippen molar-refractivity contribution in [1.82, 2.24) is 14.9 Å². The van der Waals surface area contributed by atoms with Crippen LogP contribution in [0.25, 0.3) is 11.0 Å². The van der Waals surface area contributed by atoms with Gasteiger partial charge in [-0.3, -0.25) is 4.79 Å². The average Bonchev–Trinajstić information content (AvgIpc) is 3.07. The average molecular weight is 409 g/mol. The van der Waals surface area contributed by atoms with E-state index in [4.69, 9.17) is 5.73 Å². The van der Waals surface area contributed by atoms with Crippen LogP contribution < -0.4 is 11.1 Å². The maximum Gasteiger partial charge on any atom is 0.224 e. The lowest BCUT2D eigenvalue weighted by atomic mass is 9.95. The van der Waals surface area contributed by atoms with Crippen LogP contribution >= 0.6 is 24.8 Å². The van der Waals surface area contributed by atoms with Crippen LogP contribution in [0, 0.1) is 5.92 Å². The first kappa shape index (κ1) is 23.0. The normalized spacial score (nSPS) is 12.5. The van der Waals surface area contributed by atoms with Crippen molar-refractivity contribution in [1.29, 1.82) is 0 Å². The Hall–Kier alpha value is -2.08. The number of imidazole rings is 1. The minimum Gasteiger partial charge on any atom is -0.356 e. The molecule has 1 aromatic heterocycles. The fraction of sp³-hybridized carbons (Fsp3) is 0.300. The highest BCUT2D eigenvalue weighted by Crippen LogP contribution is 2.19. The van der Waals surface area contributed by atoms with Gasteiger partial charge in [0.25, 0.3) is 0 Å². The monoisotopic (exact) mass is 408 g/mol. The van der Waals surface area contributed by atoms with Crippen LogP contribution in [0.2, 0.25) is 0 Å². The molecule has 0 aliphatic heterocycles. The van der Waals surface area contributed by atoms with E-state index in [0.29, 0.717) is 6.54 Å². The second-order valence-corrected chi connectivity index (χ2v) is 6.30. The molecule has 0 spiro atoms. The van der Waals surface area contributed by atoms with E-state index in [2.05, 4.69) is 20.9 Å². The number of halogens is 2. The molecule has 2 unspecified atom stereocenters. The summed E-state index contributed by atoms with van der Waals surface area (Å²) < 4.78 is 2.11. The summed E-state index contributed by atoms with van der Waals surface area (Å²) in [6.45, 7) is 3.31. The molecule has 1 heterocycles. The summed E-state index contributed by atoms with van der Waals surface area (Å²) in [5.74, 6) is -0.275. The van der Waals surface area contributed by atoms with E-state index in [1.807, 2.05) is 61.8 Å². The van der Waals surface area contributed by atoms with Crippen LogP contribution in [0.15, 0.2) is 60.9 Å². The van der Waals surface area contributed by atoms with Crippen molar-refractivity contribution >= 4 is 41.8 Å². The zero-order chi connectivity index (χ0) is 17.6. The first-order valence-electron chi connectivity index (χ1n) is 8.65. The number of hydrogen-bond acceptors (Lipinski definition) is 3. The summed E-state index contributed by atoms with van der Waals surface area (Å²) in [5, 5.41) is 2.99. The molecular formula is C20H26Cl2N4O.